The van der Waals surface area contributed by atoms with E-state index in [0.717, 1.165) is 12.8 Å². The molecule has 1 aromatic heterocycles. The molecule has 3 amide bonds. The van der Waals surface area contributed by atoms with Gasteiger partial charge in [-0.25, -0.2) is 9.37 Å². The van der Waals surface area contributed by atoms with Gasteiger partial charge in [0.15, 0.2) is 0 Å². The summed E-state index contributed by atoms with van der Waals surface area (Å²) in [7, 11) is 0. The summed E-state index contributed by atoms with van der Waals surface area (Å²) in [6.07, 6.45) is 2.97. The first kappa shape index (κ1) is 27.6. The number of carbonyl (C=O) groups excluding carboxylic acids is 3. The summed E-state index contributed by atoms with van der Waals surface area (Å²) < 4.78 is 32.1. The van der Waals surface area contributed by atoms with E-state index in [1.165, 1.54) is 29.3 Å². The van der Waals surface area contributed by atoms with Gasteiger partial charge >= 0.3 is 0 Å². The minimum absolute atomic E-state index is 0.00549. The van der Waals surface area contributed by atoms with Crippen LogP contribution in [0, 0.1) is 5.82 Å². The van der Waals surface area contributed by atoms with Gasteiger partial charge in [-0.2, -0.15) is 0 Å². The lowest BCUT2D eigenvalue weighted by Crippen LogP contribution is -2.59. The maximum Gasteiger partial charge on any atom is 0.257 e. The molecule has 2 aromatic rings. The van der Waals surface area contributed by atoms with E-state index in [9.17, 15) is 18.8 Å². The number of fused-ring (bicyclic) bond motifs is 3. The molecule has 3 fully saturated rings. The maximum absolute atomic E-state index is 14.4. The highest BCUT2D eigenvalue weighted by atomic mass is 19.1. The van der Waals surface area contributed by atoms with E-state index in [1.54, 1.807) is 23.1 Å². The van der Waals surface area contributed by atoms with E-state index >= 15 is 0 Å². The topological polar surface area (TPSA) is 114 Å². The first-order chi connectivity index (χ1) is 20.0. The van der Waals surface area contributed by atoms with Gasteiger partial charge in [-0.1, -0.05) is 12.1 Å². The fourth-order valence-corrected chi connectivity index (χ4v) is 6.14. The number of carbonyl (C=O) groups is 3. The van der Waals surface area contributed by atoms with Crippen molar-refractivity contribution in [2.45, 2.75) is 37.1 Å². The average Bonchev–Trinajstić information content (AvgIpc) is 3.41. The number of hydrogen-bond acceptors (Lipinski definition) is 8. The Labute approximate surface area is 237 Å². The molecule has 41 heavy (non-hydrogen) atoms. The van der Waals surface area contributed by atoms with Crippen molar-refractivity contribution in [3.8, 4) is 5.88 Å². The molecular weight excluding hydrogens is 533 g/mol. The van der Waals surface area contributed by atoms with Gasteiger partial charge < -0.3 is 29.3 Å². The number of rotatable bonds is 2. The van der Waals surface area contributed by atoms with Gasteiger partial charge in [0.2, 0.25) is 11.8 Å². The number of hydrogen-bond donors (Lipinski definition) is 1. The van der Waals surface area contributed by atoms with Crippen LogP contribution in [-0.4, -0.2) is 121 Å². The second-order valence-corrected chi connectivity index (χ2v) is 10.9. The molecule has 5 heterocycles. The third kappa shape index (κ3) is 5.90. The second kappa shape index (κ2) is 12.1. The maximum atomic E-state index is 14.4. The average molecular weight is 568 g/mol. The zero-order valence-electron chi connectivity index (χ0n) is 22.7. The Bertz CT molecular complexity index is 1290. The van der Waals surface area contributed by atoms with Gasteiger partial charge in [0.25, 0.3) is 11.8 Å². The molecule has 1 aromatic carbocycles. The highest BCUT2D eigenvalue weighted by molar-refractivity contribution is 5.96. The summed E-state index contributed by atoms with van der Waals surface area (Å²) >= 11 is 0. The molecule has 0 saturated carbocycles. The molecule has 6 rings (SSSR count). The van der Waals surface area contributed by atoms with Gasteiger partial charge in [0.05, 0.1) is 23.8 Å². The number of halogens is 1. The summed E-state index contributed by atoms with van der Waals surface area (Å²) in [4.78, 5) is 49.9. The van der Waals surface area contributed by atoms with Crippen molar-refractivity contribution in [1.29, 1.82) is 0 Å². The van der Waals surface area contributed by atoms with Crippen LogP contribution in [0.25, 0.3) is 0 Å². The van der Waals surface area contributed by atoms with Crippen LogP contribution < -0.4 is 10.1 Å². The molecule has 0 unspecified atom stereocenters. The van der Waals surface area contributed by atoms with Crippen molar-refractivity contribution in [2.24, 2.45) is 0 Å². The second-order valence-electron chi connectivity index (χ2n) is 10.9. The molecule has 218 valence electrons. The molecule has 12 heteroatoms. The molecule has 4 aliphatic rings. The number of nitrogens with one attached hydrogen (secondary N) is 1. The zero-order valence-corrected chi connectivity index (χ0v) is 22.7. The largest absolute Gasteiger partial charge is 0.475 e. The lowest BCUT2D eigenvalue weighted by atomic mass is 10.1. The summed E-state index contributed by atoms with van der Waals surface area (Å²) in [6, 6.07) is 8.62. The molecular formula is C29H34FN5O6. The van der Waals surface area contributed by atoms with Crippen molar-refractivity contribution in [3.05, 3.63) is 59.5 Å². The molecule has 0 radical (unpaired) electrons. The smallest absolute Gasteiger partial charge is 0.257 e. The van der Waals surface area contributed by atoms with Crippen molar-refractivity contribution in [1.82, 2.24) is 25.0 Å². The minimum Gasteiger partial charge on any atom is -0.475 e. The predicted molar refractivity (Wildman–Crippen MR) is 144 cm³/mol. The third-order valence-electron chi connectivity index (χ3n) is 8.36. The summed E-state index contributed by atoms with van der Waals surface area (Å²) in [5.74, 6) is -1.46. The molecule has 3 saturated heterocycles. The van der Waals surface area contributed by atoms with Gasteiger partial charge in [-0.3, -0.25) is 19.3 Å². The van der Waals surface area contributed by atoms with Crippen molar-refractivity contribution >= 4 is 17.7 Å². The number of piperazine rings is 1. The van der Waals surface area contributed by atoms with E-state index in [0.29, 0.717) is 32.3 Å². The van der Waals surface area contributed by atoms with E-state index in [1.807, 2.05) is 0 Å². The number of ether oxygens (including phenoxy) is 3. The van der Waals surface area contributed by atoms with Crippen molar-refractivity contribution < 1.29 is 33.0 Å². The zero-order chi connectivity index (χ0) is 28.3. The highest BCUT2D eigenvalue weighted by Crippen LogP contribution is 2.25. The van der Waals surface area contributed by atoms with Crippen LogP contribution in [-0.2, 0) is 14.3 Å². The summed E-state index contributed by atoms with van der Waals surface area (Å²) in [5.41, 5.74) is 0.259. The minimum atomic E-state index is -0.597. The number of pyridine rings is 1. The lowest BCUT2D eigenvalue weighted by Gasteiger charge is -2.41. The van der Waals surface area contributed by atoms with Crippen molar-refractivity contribution in [2.75, 3.05) is 59.2 Å². The van der Waals surface area contributed by atoms with Gasteiger partial charge in [0.1, 0.15) is 24.6 Å². The van der Waals surface area contributed by atoms with Gasteiger partial charge in [-0.05, 0) is 37.1 Å². The van der Waals surface area contributed by atoms with Gasteiger partial charge in [-0.15, -0.1) is 0 Å². The molecule has 3 atom stereocenters. The SMILES string of the molecule is O=C1N[C@@H]2CN(C3CCOCC3)C[C@@H]2OCC(=O)N2CCN(C(=O)c3ccccc3F)C[C@H]2COc2ncccc21. The molecule has 1 N–H and O–H groups in total. The summed E-state index contributed by atoms with van der Waals surface area (Å²) in [5, 5.41) is 3.10. The molecule has 4 aliphatic heterocycles. The molecule has 0 spiro atoms. The number of aromatic nitrogens is 1. The van der Waals surface area contributed by atoms with E-state index in [4.69, 9.17) is 14.2 Å². The third-order valence-corrected chi connectivity index (χ3v) is 8.36. The summed E-state index contributed by atoms with van der Waals surface area (Å²) in [6.45, 7) is 3.04. The number of nitrogens with zero attached hydrogens (tertiary/aromatic N) is 4. The number of likely N-dealkylation sites (tertiary alicyclic amines) is 1. The van der Waals surface area contributed by atoms with Crippen LogP contribution in [0.1, 0.15) is 33.6 Å². The number of amides is 3. The Morgan fingerprint density at radius 1 is 1.00 bits per heavy atom. The van der Waals surface area contributed by atoms with Crippen LogP contribution >= 0.6 is 0 Å². The standard InChI is InChI=1S/C29H34FN5O6/c30-23-6-2-1-4-21(23)29(38)33-10-11-35-20(14-33)17-41-28-22(5-3-9-31-28)27(37)32-24-15-34(19-7-12-39-13-8-19)16-25(24)40-18-26(35)36/h1-6,9,19-20,24-25H,7-8,10-18H2,(H,32,37)/t20-,24+,25-/m0/s1. The van der Waals surface area contributed by atoms with Crippen LogP contribution in [0.4, 0.5) is 4.39 Å². The number of benzene rings is 1. The normalized spacial score (nSPS) is 26.4. The predicted octanol–water partition coefficient (Wildman–Crippen LogP) is 0.945. The van der Waals surface area contributed by atoms with Crippen molar-refractivity contribution in [3.63, 3.8) is 0 Å². The lowest BCUT2D eigenvalue weighted by molar-refractivity contribution is -0.143. The fraction of sp³-hybridized carbons (Fsp3) is 0.517. The first-order valence-corrected chi connectivity index (χ1v) is 14.1. The van der Waals surface area contributed by atoms with E-state index < -0.39 is 17.8 Å². The first-order valence-electron chi connectivity index (χ1n) is 14.1. The molecule has 0 aliphatic carbocycles. The van der Waals surface area contributed by atoms with E-state index in [2.05, 4.69) is 15.2 Å². The fourth-order valence-electron chi connectivity index (χ4n) is 6.14. The Morgan fingerprint density at radius 2 is 1.83 bits per heavy atom. The van der Waals surface area contributed by atoms with Gasteiger partial charge in [0, 0.05) is 58.2 Å². The monoisotopic (exact) mass is 567 g/mol. The van der Waals surface area contributed by atoms with Crippen LogP contribution in [0.2, 0.25) is 0 Å². The van der Waals surface area contributed by atoms with Crippen LogP contribution in [0.5, 0.6) is 5.88 Å². The van der Waals surface area contributed by atoms with Crippen LogP contribution in [0.15, 0.2) is 42.6 Å². The Morgan fingerprint density at radius 3 is 2.66 bits per heavy atom. The highest BCUT2D eigenvalue weighted by Gasteiger charge is 2.40. The Balaban J connectivity index is 1.24. The molecule has 0 bridgehead atoms. The molecule has 11 nitrogen and oxygen atoms in total. The quantitative estimate of drug-likeness (QED) is 0.571. The van der Waals surface area contributed by atoms with Crippen LogP contribution in [0.3, 0.4) is 0 Å². The van der Waals surface area contributed by atoms with E-state index in [-0.39, 0.29) is 73.8 Å². The Kier molecular flexibility index (Phi) is 8.13. The Hall–Kier alpha value is -3.61.